The van der Waals surface area contributed by atoms with Crippen molar-refractivity contribution in [3.05, 3.63) is 87.7 Å². The van der Waals surface area contributed by atoms with Gasteiger partial charge in [0, 0.05) is 29.5 Å². The second-order valence-electron chi connectivity index (χ2n) is 6.84. The zero-order valence-electron chi connectivity index (χ0n) is 16.5. The number of aromatic amines is 1. The fraction of sp³-hybridized carbons (Fsp3) is 0.0909. The highest BCUT2D eigenvalue weighted by Gasteiger charge is 2.09. The Kier molecular flexibility index (Phi) is 5.36. The smallest absolute Gasteiger partial charge is 0.269 e. The van der Waals surface area contributed by atoms with Crippen LogP contribution in [0.15, 0.2) is 60.8 Å². The monoisotopic (exact) mass is 411 g/mol. The number of hydrogen-bond acceptors (Lipinski definition) is 7. The molecule has 0 aliphatic carbocycles. The first-order valence-corrected chi connectivity index (χ1v) is 9.40. The number of nitro groups is 1. The summed E-state index contributed by atoms with van der Waals surface area (Å²) < 4.78 is 0. The summed E-state index contributed by atoms with van der Waals surface area (Å²) >= 11 is 0. The molecule has 31 heavy (non-hydrogen) atoms. The van der Waals surface area contributed by atoms with Crippen LogP contribution in [-0.2, 0) is 6.54 Å². The van der Waals surface area contributed by atoms with E-state index in [1.165, 1.54) is 12.1 Å². The average Bonchev–Trinajstić information content (AvgIpc) is 3.27. The Hall–Kier alpha value is -4.58. The van der Waals surface area contributed by atoms with Crippen molar-refractivity contribution >= 4 is 11.6 Å². The molecule has 0 bridgehead atoms. The number of rotatable bonds is 6. The van der Waals surface area contributed by atoms with Crippen LogP contribution >= 0.6 is 0 Å². The van der Waals surface area contributed by atoms with E-state index in [-0.39, 0.29) is 5.69 Å². The fourth-order valence-electron chi connectivity index (χ4n) is 3.14. The number of nitrogens with one attached hydrogen (secondary N) is 2. The molecule has 9 nitrogen and oxygen atoms in total. The van der Waals surface area contributed by atoms with E-state index >= 15 is 0 Å². The molecular formula is C22H17N7O2. The maximum atomic E-state index is 10.8. The van der Waals surface area contributed by atoms with Crippen molar-refractivity contribution in [1.82, 2.24) is 20.2 Å². The number of benzene rings is 2. The normalized spacial score (nSPS) is 10.5. The molecule has 0 unspecified atom stereocenters. The van der Waals surface area contributed by atoms with Gasteiger partial charge in [-0.05, 0) is 48.9 Å². The first-order chi connectivity index (χ1) is 15.0. The van der Waals surface area contributed by atoms with Crippen LogP contribution in [0.5, 0.6) is 0 Å². The zero-order chi connectivity index (χ0) is 21.8. The van der Waals surface area contributed by atoms with Gasteiger partial charge in [0.1, 0.15) is 0 Å². The van der Waals surface area contributed by atoms with Gasteiger partial charge >= 0.3 is 0 Å². The minimum Gasteiger partial charge on any atom is -0.349 e. The molecule has 2 aromatic heterocycles. The van der Waals surface area contributed by atoms with E-state index < -0.39 is 4.92 Å². The van der Waals surface area contributed by atoms with Crippen molar-refractivity contribution in [2.75, 3.05) is 5.32 Å². The van der Waals surface area contributed by atoms with E-state index in [1.54, 1.807) is 24.4 Å². The summed E-state index contributed by atoms with van der Waals surface area (Å²) in [7, 11) is 0. The highest BCUT2D eigenvalue weighted by Crippen LogP contribution is 2.24. The Bertz CT molecular complexity index is 1290. The van der Waals surface area contributed by atoms with Crippen LogP contribution in [0.1, 0.15) is 16.8 Å². The highest BCUT2D eigenvalue weighted by molar-refractivity contribution is 5.65. The molecule has 4 rings (SSSR count). The van der Waals surface area contributed by atoms with E-state index in [0.29, 0.717) is 23.8 Å². The van der Waals surface area contributed by atoms with Crippen LogP contribution in [0.2, 0.25) is 0 Å². The molecule has 0 fully saturated rings. The van der Waals surface area contributed by atoms with Gasteiger partial charge in [-0.2, -0.15) is 10.4 Å². The number of aryl methyl sites for hydroxylation is 1. The summed E-state index contributed by atoms with van der Waals surface area (Å²) in [5.74, 6) is 0.466. The van der Waals surface area contributed by atoms with E-state index in [9.17, 15) is 10.1 Å². The summed E-state index contributed by atoms with van der Waals surface area (Å²) in [6.07, 6.45) is 1.68. The molecule has 152 valence electrons. The minimum absolute atomic E-state index is 0.0377. The highest BCUT2D eigenvalue weighted by atomic mass is 16.6. The maximum Gasteiger partial charge on any atom is 0.269 e. The summed E-state index contributed by atoms with van der Waals surface area (Å²) in [5.41, 5.74) is 5.59. The van der Waals surface area contributed by atoms with Gasteiger partial charge in [0.05, 0.1) is 40.2 Å². The van der Waals surface area contributed by atoms with E-state index in [1.807, 2.05) is 31.2 Å². The van der Waals surface area contributed by atoms with Gasteiger partial charge < -0.3 is 5.32 Å². The molecule has 2 heterocycles. The standard InChI is InChI=1S/C22H17N7O2/c1-14-10-15(12-23)2-7-19(14)20-8-9-24-22(26-20)25-13-17-11-21(28-27-17)16-3-5-18(6-4-16)29(30)31/h2-11H,13H2,1H3,(H,27,28)(H,24,25,26). The van der Waals surface area contributed by atoms with Crippen molar-refractivity contribution in [3.8, 4) is 28.6 Å². The van der Waals surface area contributed by atoms with Gasteiger partial charge in [-0.15, -0.1) is 0 Å². The Morgan fingerprint density at radius 1 is 1.13 bits per heavy atom. The molecule has 0 saturated carbocycles. The van der Waals surface area contributed by atoms with Crippen molar-refractivity contribution in [2.24, 2.45) is 0 Å². The molecule has 4 aromatic rings. The molecule has 0 aliphatic rings. The first kappa shape index (κ1) is 19.7. The third-order valence-electron chi connectivity index (χ3n) is 4.73. The van der Waals surface area contributed by atoms with Crippen LogP contribution in [0, 0.1) is 28.4 Å². The topological polar surface area (TPSA) is 133 Å². The van der Waals surface area contributed by atoms with Crippen molar-refractivity contribution in [3.63, 3.8) is 0 Å². The summed E-state index contributed by atoms with van der Waals surface area (Å²) in [5, 5.41) is 30.2. The van der Waals surface area contributed by atoms with Crippen LogP contribution in [0.3, 0.4) is 0 Å². The lowest BCUT2D eigenvalue weighted by Crippen LogP contribution is -2.04. The molecule has 0 aliphatic heterocycles. The van der Waals surface area contributed by atoms with Crippen molar-refractivity contribution < 1.29 is 4.92 Å². The lowest BCUT2D eigenvalue weighted by Gasteiger charge is -2.08. The molecular weight excluding hydrogens is 394 g/mol. The Morgan fingerprint density at radius 3 is 2.65 bits per heavy atom. The third-order valence-corrected chi connectivity index (χ3v) is 4.73. The summed E-state index contributed by atoms with van der Waals surface area (Å²) in [6.45, 7) is 2.37. The summed E-state index contributed by atoms with van der Waals surface area (Å²) in [4.78, 5) is 19.2. The Balaban J connectivity index is 1.46. The fourth-order valence-corrected chi connectivity index (χ4v) is 3.14. The molecule has 9 heteroatoms. The van der Waals surface area contributed by atoms with Gasteiger partial charge in [-0.25, -0.2) is 9.97 Å². The molecule has 0 saturated heterocycles. The van der Waals surface area contributed by atoms with Crippen LogP contribution in [0.25, 0.3) is 22.5 Å². The van der Waals surface area contributed by atoms with Gasteiger partial charge in [0.15, 0.2) is 0 Å². The number of non-ortho nitro benzene ring substituents is 1. The number of nitriles is 1. The van der Waals surface area contributed by atoms with Gasteiger partial charge in [-0.3, -0.25) is 15.2 Å². The third kappa shape index (κ3) is 4.38. The molecule has 0 spiro atoms. The quantitative estimate of drug-likeness (QED) is 0.358. The second-order valence-corrected chi connectivity index (χ2v) is 6.84. The number of hydrogen-bond donors (Lipinski definition) is 2. The predicted octanol–water partition coefficient (Wildman–Crippen LogP) is 4.23. The summed E-state index contributed by atoms with van der Waals surface area (Å²) in [6, 6.07) is 17.5. The van der Waals surface area contributed by atoms with Gasteiger partial charge in [-0.1, -0.05) is 6.07 Å². The first-order valence-electron chi connectivity index (χ1n) is 9.40. The second kappa shape index (κ2) is 8.42. The number of anilines is 1. The maximum absolute atomic E-state index is 10.8. The largest absolute Gasteiger partial charge is 0.349 e. The minimum atomic E-state index is -0.433. The predicted molar refractivity (Wildman–Crippen MR) is 115 cm³/mol. The average molecular weight is 411 g/mol. The van der Waals surface area contributed by atoms with E-state index in [4.69, 9.17) is 5.26 Å². The van der Waals surface area contributed by atoms with Crippen molar-refractivity contribution in [2.45, 2.75) is 13.5 Å². The lowest BCUT2D eigenvalue weighted by molar-refractivity contribution is -0.384. The molecule has 0 radical (unpaired) electrons. The number of nitrogens with zero attached hydrogens (tertiary/aromatic N) is 5. The van der Waals surface area contributed by atoms with E-state index in [0.717, 1.165) is 28.1 Å². The number of H-pyrrole nitrogens is 1. The molecule has 0 amide bonds. The Labute approximate surface area is 177 Å². The molecule has 0 atom stereocenters. The van der Waals surface area contributed by atoms with Crippen molar-refractivity contribution in [1.29, 1.82) is 5.26 Å². The number of nitro benzene ring substituents is 1. The molecule has 2 aromatic carbocycles. The van der Waals surface area contributed by atoms with E-state index in [2.05, 4.69) is 31.6 Å². The SMILES string of the molecule is Cc1cc(C#N)ccc1-c1ccnc(NCc2cc(-c3ccc([N+](=O)[O-])cc3)n[nH]2)n1. The van der Waals surface area contributed by atoms with Crippen LogP contribution < -0.4 is 5.32 Å². The van der Waals surface area contributed by atoms with Crippen LogP contribution in [0.4, 0.5) is 11.6 Å². The van der Waals surface area contributed by atoms with Gasteiger partial charge in [0.2, 0.25) is 5.95 Å². The lowest BCUT2D eigenvalue weighted by atomic mass is 10.0. The Morgan fingerprint density at radius 2 is 1.94 bits per heavy atom. The molecule has 2 N–H and O–H groups in total. The van der Waals surface area contributed by atoms with Crippen LogP contribution in [-0.4, -0.2) is 25.1 Å². The zero-order valence-corrected chi connectivity index (χ0v) is 16.5. The van der Waals surface area contributed by atoms with Gasteiger partial charge in [0.25, 0.3) is 5.69 Å². The number of aromatic nitrogens is 4.